The summed E-state index contributed by atoms with van der Waals surface area (Å²) in [4.78, 5) is 85.7. The SMILES string of the molecule is CN[C@@H](C)C(=O)N[C@H](C(=O)N1CCC[C@H]1c1nc(C(=O)c2ccc(F)cc2)cs1)C1CCN(C(=O)c2cnc(N3CCN(CCOc4cc5ncnc(Cc6n[nH]c(C)c6C)c5cc4S(=O)(=O)C(C)(C)C)CC3)cn2)CC1. The molecule has 9 rings (SSSR count). The number of hydrogen-bond donors (Lipinski definition) is 3. The molecule has 77 heavy (non-hydrogen) atoms. The van der Waals surface area contributed by atoms with Crippen LogP contribution in [0.3, 0.4) is 0 Å². The van der Waals surface area contributed by atoms with E-state index < -0.39 is 32.5 Å². The number of ketones is 1. The van der Waals surface area contributed by atoms with Gasteiger partial charge in [-0.05, 0) is 116 Å². The number of fused-ring (bicyclic) bond motifs is 1. The Kier molecular flexibility index (Phi) is 16.4. The summed E-state index contributed by atoms with van der Waals surface area (Å²) in [7, 11) is -2.16. The van der Waals surface area contributed by atoms with Gasteiger partial charge in [0, 0.05) is 86.9 Å². The molecule has 4 aromatic heterocycles. The number of amides is 3. The van der Waals surface area contributed by atoms with Crippen molar-refractivity contribution >= 4 is 61.4 Å². The topological polar surface area (TPSA) is 242 Å². The molecule has 3 N–H and O–H groups in total. The van der Waals surface area contributed by atoms with E-state index in [0.717, 1.165) is 23.4 Å². The van der Waals surface area contributed by atoms with Crippen molar-refractivity contribution in [2.75, 3.05) is 70.9 Å². The first-order chi connectivity index (χ1) is 36.8. The van der Waals surface area contributed by atoms with E-state index in [4.69, 9.17) is 4.74 Å². The molecular weight excluding hydrogens is 1030 g/mol. The van der Waals surface area contributed by atoms with E-state index in [1.807, 2.05) is 13.8 Å². The van der Waals surface area contributed by atoms with Crippen molar-refractivity contribution in [3.05, 3.63) is 111 Å². The number of piperazine rings is 1. The van der Waals surface area contributed by atoms with Crippen LogP contribution in [0.15, 0.2) is 65.4 Å². The van der Waals surface area contributed by atoms with Gasteiger partial charge in [-0.15, -0.1) is 11.3 Å². The molecule has 3 saturated heterocycles. The number of halogens is 1. The first-order valence-corrected chi connectivity index (χ1v) is 28.5. The predicted octanol–water partition coefficient (Wildman–Crippen LogP) is 5.26. The maximum atomic E-state index is 14.6. The second-order valence-corrected chi connectivity index (χ2v) is 24.6. The van der Waals surface area contributed by atoms with Crippen LogP contribution in [0.1, 0.15) is 114 Å². The van der Waals surface area contributed by atoms with Gasteiger partial charge in [-0.1, -0.05) is 0 Å². The van der Waals surface area contributed by atoms with E-state index in [1.54, 1.807) is 68.3 Å². The van der Waals surface area contributed by atoms with Gasteiger partial charge in [0.05, 0.1) is 46.1 Å². The highest BCUT2D eigenvalue weighted by Crippen LogP contribution is 2.38. The number of benzene rings is 2. The van der Waals surface area contributed by atoms with Crippen LogP contribution in [-0.4, -0.2) is 165 Å². The maximum absolute atomic E-state index is 14.6. The zero-order valence-electron chi connectivity index (χ0n) is 44.5. The molecule has 7 heterocycles. The van der Waals surface area contributed by atoms with Gasteiger partial charge in [-0.25, -0.2) is 37.7 Å². The Morgan fingerprint density at radius 3 is 2.31 bits per heavy atom. The Hall–Kier alpha value is -6.82. The van der Waals surface area contributed by atoms with E-state index >= 15 is 0 Å². The fraction of sp³-hybridized carbons (Fsp3) is 0.481. The lowest BCUT2D eigenvalue weighted by atomic mass is 9.88. The largest absolute Gasteiger partial charge is 0.491 e. The molecule has 0 radical (unpaired) electrons. The van der Waals surface area contributed by atoms with Crippen molar-refractivity contribution in [2.45, 2.75) is 101 Å². The molecule has 0 bridgehead atoms. The number of aryl methyl sites for hydroxylation is 1. The van der Waals surface area contributed by atoms with Crippen LogP contribution in [0.25, 0.3) is 10.9 Å². The highest BCUT2D eigenvalue weighted by Gasteiger charge is 2.42. The second kappa shape index (κ2) is 23.0. The smallest absolute Gasteiger partial charge is 0.274 e. The second-order valence-electron chi connectivity index (χ2n) is 21.0. The summed E-state index contributed by atoms with van der Waals surface area (Å²) >= 11 is 1.30. The lowest BCUT2D eigenvalue weighted by Crippen LogP contribution is -2.57. The Labute approximate surface area is 451 Å². The summed E-state index contributed by atoms with van der Waals surface area (Å²) in [6, 6.07) is 6.85. The number of likely N-dealkylation sites (N-methyl/N-ethyl adjacent to an activating group) is 1. The Morgan fingerprint density at radius 2 is 1.65 bits per heavy atom. The van der Waals surface area contributed by atoms with E-state index in [-0.39, 0.29) is 64.1 Å². The standard InChI is InChI=1S/C54H66FN13O7S2/c1-32-33(2)63-64-39(32)26-40-38-25-46(77(73,74)54(4,5)6)45(27-41(38)60-31-59-40)75-24-23-65-19-21-66(22-20-65)47-29-57-42(28-58-47)52(71)67-17-14-35(15-18-67)48(62-50(70)34(3)56-7)53(72)68-16-8-9-44(68)51-61-43(30-76-51)49(69)36-10-12-37(55)13-11-36/h10-13,25,27-31,34-35,44,48,56H,8-9,14-24,26H2,1-7H3,(H,62,70)(H,63,64)/t34-,44-,48-/m0/s1. The summed E-state index contributed by atoms with van der Waals surface area (Å²) in [5.41, 5.74) is 4.81. The predicted molar refractivity (Wildman–Crippen MR) is 288 cm³/mol. The molecule has 3 fully saturated rings. The average molecular weight is 1090 g/mol. The van der Waals surface area contributed by atoms with Gasteiger partial charge in [-0.3, -0.25) is 29.2 Å². The minimum absolute atomic E-state index is 0.0944. The van der Waals surface area contributed by atoms with Gasteiger partial charge in [0.2, 0.25) is 17.6 Å². The zero-order valence-corrected chi connectivity index (χ0v) is 46.1. The summed E-state index contributed by atoms with van der Waals surface area (Å²) in [6.07, 6.45) is 7.30. The molecule has 3 aliphatic heterocycles. The van der Waals surface area contributed by atoms with Crippen LogP contribution in [0.5, 0.6) is 5.75 Å². The molecule has 0 aliphatic carbocycles. The lowest BCUT2D eigenvalue weighted by Gasteiger charge is -2.38. The van der Waals surface area contributed by atoms with Crippen molar-refractivity contribution in [3.63, 3.8) is 0 Å². The van der Waals surface area contributed by atoms with Crippen molar-refractivity contribution < 1.29 is 36.7 Å². The van der Waals surface area contributed by atoms with E-state index in [9.17, 15) is 32.0 Å². The third-order valence-corrected chi connectivity index (χ3v) is 18.6. The number of sulfone groups is 1. The zero-order chi connectivity index (χ0) is 54.8. The molecule has 3 atom stereocenters. The quantitative estimate of drug-likeness (QED) is 0.0987. The van der Waals surface area contributed by atoms with Crippen LogP contribution < -0.4 is 20.3 Å². The molecule has 0 saturated carbocycles. The number of thiazole rings is 1. The number of hydrogen-bond acceptors (Lipinski definition) is 17. The Morgan fingerprint density at radius 1 is 0.909 bits per heavy atom. The fourth-order valence-electron chi connectivity index (χ4n) is 10.0. The van der Waals surface area contributed by atoms with Gasteiger partial charge < -0.3 is 30.1 Å². The molecule has 3 aliphatic rings. The number of nitrogens with zero attached hydrogens (tertiary/aromatic N) is 10. The molecule has 0 unspecified atom stereocenters. The van der Waals surface area contributed by atoms with Crippen molar-refractivity contribution in [2.24, 2.45) is 5.92 Å². The molecule has 408 valence electrons. The van der Waals surface area contributed by atoms with E-state index in [0.29, 0.717) is 111 Å². The van der Waals surface area contributed by atoms with Crippen LogP contribution in [-0.2, 0) is 25.8 Å². The number of carbonyl (C=O) groups is 4. The molecule has 2 aromatic carbocycles. The van der Waals surface area contributed by atoms with Gasteiger partial charge in [-0.2, -0.15) is 5.10 Å². The Balaban J connectivity index is 0.787. The molecule has 6 aromatic rings. The highest BCUT2D eigenvalue weighted by molar-refractivity contribution is 7.92. The number of likely N-dealkylation sites (tertiary alicyclic amines) is 2. The average Bonchev–Trinajstić information content (AvgIpc) is 4.24. The van der Waals surface area contributed by atoms with Gasteiger partial charge in [0.1, 0.15) is 57.7 Å². The normalized spacial score (nSPS) is 17.7. The summed E-state index contributed by atoms with van der Waals surface area (Å²) < 4.78 is 46.8. The highest BCUT2D eigenvalue weighted by atomic mass is 32.2. The molecule has 3 amide bonds. The number of aromatic nitrogens is 7. The van der Waals surface area contributed by atoms with Gasteiger partial charge in [0.25, 0.3) is 5.91 Å². The molecule has 0 spiro atoms. The molecule has 23 heteroatoms. The fourth-order valence-corrected chi connectivity index (χ4v) is 12.3. The number of anilines is 1. The minimum Gasteiger partial charge on any atom is -0.491 e. The third kappa shape index (κ3) is 11.9. The number of piperidine rings is 1. The summed E-state index contributed by atoms with van der Waals surface area (Å²) in [5, 5.41) is 16.3. The van der Waals surface area contributed by atoms with Crippen LogP contribution in [0.2, 0.25) is 0 Å². The number of carbonyl (C=O) groups excluding carboxylic acids is 4. The van der Waals surface area contributed by atoms with Crippen LogP contribution in [0, 0.1) is 25.6 Å². The van der Waals surface area contributed by atoms with Crippen LogP contribution in [0.4, 0.5) is 10.2 Å². The van der Waals surface area contributed by atoms with Crippen LogP contribution >= 0.6 is 11.3 Å². The summed E-state index contributed by atoms with van der Waals surface area (Å²) in [5.74, 6) is -0.960. The molecular formula is C54H66FN13O7S2. The number of aromatic amines is 1. The monoisotopic (exact) mass is 1090 g/mol. The first-order valence-electron chi connectivity index (χ1n) is 26.1. The number of nitrogens with one attached hydrogen (secondary N) is 3. The van der Waals surface area contributed by atoms with Crippen molar-refractivity contribution in [3.8, 4) is 5.75 Å². The van der Waals surface area contributed by atoms with Crippen molar-refractivity contribution in [1.29, 1.82) is 0 Å². The number of H-pyrrole nitrogens is 1. The summed E-state index contributed by atoms with van der Waals surface area (Å²) in [6.45, 7) is 15.3. The molecule has 20 nitrogen and oxygen atoms in total. The van der Waals surface area contributed by atoms with E-state index in [2.05, 4.69) is 55.6 Å². The van der Waals surface area contributed by atoms with Gasteiger partial charge >= 0.3 is 0 Å². The minimum atomic E-state index is -3.84. The lowest BCUT2D eigenvalue weighted by molar-refractivity contribution is -0.139. The Bertz CT molecular complexity index is 3240. The van der Waals surface area contributed by atoms with Crippen molar-refractivity contribution in [1.82, 2.24) is 60.5 Å². The number of ether oxygens (including phenoxy) is 1. The third-order valence-electron chi connectivity index (χ3n) is 15.2. The first kappa shape index (κ1) is 55.0. The number of rotatable bonds is 17. The maximum Gasteiger partial charge on any atom is 0.274 e. The van der Waals surface area contributed by atoms with E-state index in [1.165, 1.54) is 48.1 Å². The van der Waals surface area contributed by atoms with Gasteiger partial charge in [0.15, 0.2) is 9.84 Å².